The van der Waals surface area contributed by atoms with Crippen molar-refractivity contribution in [2.45, 2.75) is 46.1 Å². The molecule has 1 saturated heterocycles. The Morgan fingerprint density at radius 1 is 1.45 bits per heavy atom. The predicted octanol–water partition coefficient (Wildman–Crippen LogP) is 1.42. The molecule has 118 valence electrons. The highest BCUT2D eigenvalue weighted by atomic mass is 16.3. The number of nitrogens with one attached hydrogen (secondary N) is 2. The van der Waals surface area contributed by atoms with Crippen molar-refractivity contribution in [3.63, 3.8) is 0 Å². The molecular formula is C15H31N3O2. The third kappa shape index (κ3) is 7.10. The van der Waals surface area contributed by atoms with Gasteiger partial charge in [-0.3, -0.25) is 0 Å². The molecule has 0 spiro atoms. The van der Waals surface area contributed by atoms with Gasteiger partial charge in [0.1, 0.15) is 0 Å². The Morgan fingerprint density at radius 3 is 2.75 bits per heavy atom. The minimum atomic E-state index is -0.340. The second kappa shape index (κ2) is 7.84. The number of likely N-dealkylation sites (tertiary alicyclic amines) is 1. The molecule has 0 aromatic heterocycles. The maximum Gasteiger partial charge on any atom is 0.314 e. The van der Waals surface area contributed by atoms with Crippen LogP contribution in [0.15, 0.2) is 0 Å². The number of rotatable bonds is 6. The number of nitrogens with zero attached hydrogens (tertiary/aromatic N) is 1. The van der Waals surface area contributed by atoms with Gasteiger partial charge in [0.05, 0.1) is 6.10 Å². The molecule has 0 bridgehead atoms. The van der Waals surface area contributed by atoms with E-state index in [0.717, 1.165) is 19.6 Å². The molecule has 0 aliphatic carbocycles. The molecular weight excluding hydrogens is 254 g/mol. The van der Waals surface area contributed by atoms with Gasteiger partial charge in [0, 0.05) is 19.6 Å². The molecule has 3 N–H and O–H groups in total. The largest absolute Gasteiger partial charge is 0.393 e. The summed E-state index contributed by atoms with van der Waals surface area (Å²) in [6.45, 7) is 9.43. The number of aliphatic hydroxyl groups is 1. The normalized spacial score (nSPS) is 22.4. The fraction of sp³-hybridized carbons (Fsp3) is 0.933. The van der Waals surface area contributed by atoms with Gasteiger partial charge in [-0.1, -0.05) is 13.8 Å². The first-order valence-electron chi connectivity index (χ1n) is 7.67. The standard InChI is InChI=1S/C15H31N3O2/c1-12(19)8-15(2,3)11-17-14(20)16-9-13-6-5-7-18(4)10-13/h12-13,19H,5-11H2,1-4H3,(H2,16,17,20). The van der Waals surface area contributed by atoms with Crippen LogP contribution in [0.3, 0.4) is 0 Å². The zero-order valence-electron chi connectivity index (χ0n) is 13.4. The summed E-state index contributed by atoms with van der Waals surface area (Å²) in [5.41, 5.74) is -0.0867. The average Bonchev–Trinajstić information content (AvgIpc) is 2.32. The summed E-state index contributed by atoms with van der Waals surface area (Å²) in [6.07, 6.45) is 2.75. The number of carbonyl (C=O) groups is 1. The van der Waals surface area contributed by atoms with Crippen molar-refractivity contribution in [2.75, 3.05) is 33.2 Å². The molecule has 2 unspecified atom stereocenters. The lowest BCUT2D eigenvalue weighted by Crippen LogP contribution is -2.45. The summed E-state index contributed by atoms with van der Waals surface area (Å²) < 4.78 is 0. The number of urea groups is 1. The van der Waals surface area contributed by atoms with Crippen LogP contribution in [0.5, 0.6) is 0 Å². The van der Waals surface area contributed by atoms with Crippen molar-refractivity contribution >= 4 is 6.03 Å². The second-order valence-corrected chi connectivity index (χ2v) is 7.05. The summed E-state index contributed by atoms with van der Waals surface area (Å²) >= 11 is 0. The number of hydrogen-bond acceptors (Lipinski definition) is 3. The van der Waals surface area contributed by atoms with E-state index in [4.69, 9.17) is 0 Å². The molecule has 1 heterocycles. The van der Waals surface area contributed by atoms with Crippen molar-refractivity contribution in [1.29, 1.82) is 0 Å². The van der Waals surface area contributed by atoms with Crippen LogP contribution < -0.4 is 10.6 Å². The van der Waals surface area contributed by atoms with Crippen molar-refractivity contribution in [3.05, 3.63) is 0 Å². The van der Waals surface area contributed by atoms with Gasteiger partial charge >= 0.3 is 6.03 Å². The van der Waals surface area contributed by atoms with Crippen molar-refractivity contribution in [1.82, 2.24) is 15.5 Å². The summed E-state index contributed by atoms with van der Waals surface area (Å²) in [6, 6.07) is -0.100. The molecule has 0 aromatic carbocycles. The summed E-state index contributed by atoms with van der Waals surface area (Å²) in [7, 11) is 2.13. The van der Waals surface area contributed by atoms with Crippen LogP contribution in [0.1, 0.15) is 40.0 Å². The number of carbonyl (C=O) groups excluding carboxylic acids is 1. The maximum absolute atomic E-state index is 11.8. The lowest BCUT2D eigenvalue weighted by molar-refractivity contribution is 0.128. The van der Waals surface area contributed by atoms with Crippen LogP contribution in [0.25, 0.3) is 0 Å². The van der Waals surface area contributed by atoms with Gasteiger partial charge in [-0.15, -0.1) is 0 Å². The van der Waals surface area contributed by atoms with Gasteiger partial charge in [0.25, 0.3) is 0 Å². The summed E-state index contributed by atoms with van der Waals surface area (Å²) in [4.78, 5) is 14.1. The van der Waals surface area contributed by atoms with Gasteiger partial charge in [-0.2, -0.15) is 0 Å². The number of piperidine rings is 1. The van der Waals surface area contributed by atoms with Crippen molar-refractivity contribution in [2.24, 2.45) is 11.3 Å². The van der Waals surface area contributed by atoms with E-state index >= 15 is 0 Å². The first-order valence-corrected chi connectivity index (χ1v) is 7.67. The van der Waals surface area contributed by atoms with Crippen LogP contribution in [-0.4, -0.2) is 55.4 Å². The average molecular weight is 285 g/mol. The van der Waals surface area contributed by atoms with Crippen molar-refractivity contribution in [3.8, 4) is 0 Å². The van der Waals surface area contributed by atoms with Crippen LogP contribution in [0.4, 0.5) is 4.79 Å². The highest BCUT2D eigenvalue weighted by molar-refractivity contribution is 5.73. The molecule has 0 aromatic rings. The van der Waals surface area contributed by atoms with Crippen LogP contribution >= 0.6 is 0 Å². The summed E-state index contributed by atoms with van der Waals surface area (Å²) in [5.74, 6) is 0.560. The molecule has 5 nitrogen and oxygen atoms in total. The minimum Gasteiger partial charge on any atom is -0.393 e. The van der Waals surface area contributed by atoms with E-state index in [1.807, 2.05) is 0 Å². The number of hydrogen-bond donors (Lipinski definition) is 3. The highest BCUT2D eigenvalue weighted by Crippen LogP contribution is 2.21. The van der Waals surface area contributed by atoms with Gasteiger partial charge < -0.3 is 20.6 Å². The quantitative estimate of drug-likeness (QED) is 0.691. The monoisotopic (exact) mass is 285 g/mol. The zero-order valence-corrected chi connectivity index (χ0v) is 13.4. The van der Waals surface area contributed by atoms with Crippen LogP contribution in [-0.2, 0) is 0 Å². The first-order chi connectivity index (χ1) is 9.28. The fourth-order valence-electron chi connectivity index (χ4n) is 2.93. The Morgan fingerprint density at radius 2 is 2.15 bits per heavy atom. The highest BCUT2D eigenvalue weighted by Gasteiger charge is 2.22. The fourth-order valence-corrected chi connectivity index (χ4v) is 2.93. The molecule has 1 rings (SSSR count). The Bertz CT molecular complexity index is 305. The van der Waals surface area contributed by atoms with Gasteiger partial charge in [0.2, 0.25) is 0 Å². The van der Waals surface area contributed by atoms with Crippen molar-refractivity contribution < 1.29 is 9.90 Å². The van der Waals surface area contributed by atoms with E-state index in [1.54, 1.807) is 6.92 Å². The molecule has 2 atom stereocenters. The van der Waals surface area contributed by atoms with E-state index in [1.165, 1.54) is 12.8 Å². The van der Waals surface area contributed by atoms with E-state index < -0.39 is 0 Å². The topological polar surface area (TPSA) is 64.6 Å². The predicted molar refractivity (Wildman–Crippen MR) is 81.7 cm³/mol. The molecule has 20 heavy (non-hydrogen) atoms. The van der Waals surface area contributed by atoms with E-state index in [0.29, 0.717) is 18.9 Å². The molecule has 5 heteroatoms. The molecule has 0 radical (unpaired) electrons. The Balaban J connectivity index is 2.20. The molecule has 1 fully saturated rings. The third-order valence-corrected chi connectivity index (χ3v) is 3.85. The maximum atomic E-state index is 11.8. The second-order valence-electron chi connectivity index (χ2n) is 7.05. The van der Waals surface area contributed by atoms with Crippen LogP contribution in [0, 0.1) is 11.3 Å². The van der Waals surface area contributed by atoms with Gasteiger partial charge in [-0.25, -0.2) is 4.79 Å². The Labute approximate surface area is 123 Å². The van der Waals surface area contributed by atoms with Gasteiger partial charge in [0.15, 0.2) is 0 Å². The molecule has 1 aliphatic heterocycles. The Hall–Kier alpha value is -0.810. The third-order valence-electron chi connectivity index (χ3n) is 3.85. The van der Waals surface area contributed by atoms with E-state index in [-0.39, 0.29) is 17.6 Å². The lowest BCUT2D eigenvalue weighted by Gasteiger charge is -2.30. The molecule has 0 saturated carbocycles. The van der Waals surface area contributed by atoms with E-state index in [2.05, 4.69) is 36.4 Å². The number of aliphatic hydroxyl groups excluding tert-OH is 1. The van der Waals surface area contributed by atoms with Gasteiger partial charge in [-0.05, 0) is 51.1 Å². The lowest BCUT2D eigenvalue weighted by atomic mass is 9.87. The van der Waals surface area contributed by atoms with Crippen LogP contribution in [0.2, 0.25) is 0 Å². The molecule has 1 aliphatic rings. The van der Waals surface area contributed by atoms with E-state index in [9.17, 15) is 9.90 Å². The Kier molecular flexibility index (Phi) is 6.76. The summed E-state index contributed by atoms with van der Waals surface area (Å²) in [5, 5.41) is 15.3. The number of amides is 2. The first kappa shape index (κ1) is 17.2. The smallest absolute Gasteiger partial charge is 0.314 e. The SMILES string of the molecule is CC(O)CC(C)(C)CNC(=O)NCC1CCCN(C)C1. The molecule has 2 amide bonds. The zero-order chi connectivity index (χ0) is 15.2. The minimum absolute atomic E-state index is 0.0867.